The summed E-state index contributed by atoms with van der Waals surface area (Å²) in [5, 5.41) is 0. The van der Waals surface area contributed by atoms with Crippen LogP contribution in [0, 0.1) is 12.5 Å². The van der Waals surface area contributed by atoms with Gasteiger partial charge >= 0.3 is 0 Å². The highest BCUT2D eigenvalue weighted by Crippen LogP contribution is 2.44. The van der Waals surface area contributed by atoms with E-state index < -0.39 is 0 Å². The molecule has 1 aromatic carbocycles. The monoisotopic (exact) mass is 312 g/mol. The molecular formula is C20H28N2O. The van der Waals surface area contributed by atoms with E-state index in [1.165, 1.54) is 5.56 Å². The minimum atomic E-state index is -0.194. The summed E-state index contributed by atoms with van der Waals surface area (Å²) < 4.78 is 5.86. The van der Waals surface area contributed by atoms with Gasteiger partial charge in [0.05, 0.1) is 18.6 Å². The molecule has 23 heavy (non-hydrogen) atoms. The van der Waals surface area contributed by atoms with Crippen molar-refractivity contribution in [1.29, 1.82) is 0 Å². The van der Waals surface area contributed by atoms with Crippen molar-refractivity contribution in [3.63, 3.8) is 0 Å². The Morgan fingerprint density at radius 2 is 1.91 bits per heavy atom. The molecule has 2 heterocycles. The zero-order valence-electron chi connectivity index (χ0n) is 14.4. The third-order valence-corrected chi connectivity index (χ3v) is 5.58. The van der Waals surface area contributed by atoms with Crippen molar-refractivity contribution < 1.29 is 4.74 Å². The Balaban J connectivity index is 1.60. The molecule has 1 aromatic rings. The van der Waals surface area contributed by atoms with Crippen molar-refractivity contribution in [2.45, 2.75) is 57.2 Å². The molecule has 2 aliphatic heterocycles. The summed E-state index contributed by atoms with van der Waals surface area (Å²) in [5.41, 5.74) is 1.04. The molecule has 0 bridgehead atoms. The lowest BCUT2D eigenvalue weighted by Crippen LogP contribution is -2.51. The second-order valence-corrected chi connectivity index (χ2v) is 7.79. The van der Waals surface area contributed by atoms with Gasteiger partial charge in [-0.15, -0.1) is 0 Å². The molecule has 0 spiro atoms. The maximum absolute atomic E-state index is 7.84. The summed E-state index contributed by atoms with van der Waals surface area (Å²) in [6.07, 6.45) is 4.08. The Bertz CT molecular complexity index is 555. The van der Waals surface area contributed by atoms with Crippen LogP contribution in [0.1, 0.15) is 45.1 Å². The predicted octanol–water partition coefficient (Wildman–Crippen LogP) is 4.15. The average molecular weight is 312 g/mol. The summed E-state index contributed by atoms with van der Waals surface area (Å²) in [7, 11) is 0. The first kappa shape index (κ1) is 16.5. The van der Waals surface area contributed by atoms with Gasteiger partial charge in [0.2, 0.25) is 5.54 Å². The standard InChI is InChI=1S/C20H28N2O/c1-19(2)16-20(21-3,11-14-23-19)18-9-12-22(13-10-18)15-17-7-5-4-6-8-17/h4-8,18H,9-16H2,1-2H3. The number of hydrogen-bond acceptors (Lipinski definition) is 2. The molecule has 124 valence electrons. The Kier molecular flexibility index (Phi) is 4.75. The lowest BCUT2D eigenvalue weighted by molar-refractivity contribution is -0.0869. The molecule has 0 radical (unpaired) electrons. The summed E-state index contributed by atoms with van der Waals surface area (Å²) in [4.78, 5) is 6.69. The summed E-state index contributed by atoms with van der Waals surface area (Å²) in [6, 6.07) is 10.7. The van der Waals surface area contributed by atoms with Crippen molar-refractivity contribution >= 4 is 0 Å². The van der Waals surface area contributed by atoms with Gasteiger partial charge in [0, 0.05) is 18.9 Å². The summed E-state index contributed by atoms with van der Waals surface area (Å²) in [5.74, 6) is 0.523. The number of nitrogens with zero attached hydrogens (tertiary/aromatic N) is 2. The Labute approximate surface area is 140 Å². The molecular weight excluding hydrogens is 284 g/mol. The first-order valence-corrected chi connectivity index (χ1v) is 8.82. The number of hydrogen-bond donors (Lipinski definition) is 0. The third kappa shape index (κ3) is 3.76. The van der Waals surface area contributed by atoms with Crippen molar-refractivity contribution in [3.8, 4) is 0 Å². The molecule has 0 aliphatic carbocycles. The zero-order chi connectivity index (χ0) is 16.3. The minimum Gasteiger partial charge on any atom is -0.375 e. The summed E-state index contributed by atoms with van der Waals surface area (Å²) >= 11 is 0. The first-order chi connectivity index (χ1) is 11.0. The lowest BCUT2D eigenvalue weighted by atomic mass is 9.69. The van der Waals surface area contributed by atoms with E-state index in [4.69, 9.17) is 11.3 Å². The fourth-order valence-electron chi connectivity index (χ4n) is 4.39. The SMILES string of the molecule is [C-]#[N+]C1(C2CCN(Cc3ccccc3)CC2)CCOC(C)(C)C1. The van der Waals surface area contributed by atoms with E-state index in [2.05, 4.69) is 53.9 Å². The average Bonchev–Trinajstić information content (AvgIpc) is 2.55. The fraction of sp³-hybridized carbons (Fsp3) is 0.650. The predicted molar refractivity (Wildman–Crippen MR) is 93.0 cm³/mol. The van der Waals surface area contributed by atoms with E-state index in [9.17, 15) is 0 Å². The molecule has 2 aliphatic rings. The van der Waals surface area contributed by atoms with E-state index >= 15 is 0 Å². The van der Waals surface area contributed by atoms with Crippen LogP contribution in [0.15, 0.2) is 30.3 Å². The molecule has 2 saturated heterocycles. The largest absolute Gasteiger partial charge is 0.375 e. The Hall–Kier alpha value is -1.37. The van der Waals surface area contributed by atoms with Crippen LogP contribution in [0.2, 0.25) is 0 Å². The van der Waals surface area contributed by atoms with Crippen LogP contribution in [0.4, 0.5) is 0 Å². The fourth-order valence-corrected chi connectivity index (χ4v) is 4.39. The molecule has 0 amide bonds. The van der Waals surface area contributed by atoms with Crippen molar-refractivity contribution in [1.82, 2.24) is 4.90 Å². The van der Waals surface area contributed by atoms with Crippen LogP contribution in [0.3, 0.4) is 0 Å². The minimum absolute atomic E-state index is 0.149. The van der Waals surface area contributed by atoms with Gasteiger partial charge in [0.1, 0.15) is 0 Å². The van der Waals surface area contributed by atoms with Gasteiger partial charge in [-0.1, -0.05) is 30.3 Å². The van der Waals surface area contributed by atoms with Crippen LogP contribution in [-0.2, 0) is 11.3 Å². The van der Waals surface area contributed by atoms with Gasteiger partial charge in [0.15, 0.2) is 0 Å². The van der Waals surface area contributed by atoms with Crippen molar-refractivity contribution in [3.05, 3.63) is 47.3 Å². The highest BCUT2D eigenvalue weighted by Gasteiger charge is 2.52. The van der Waals surface area contributed by atoms with Crippen LogP contribution < -0.4 is 0 Å². The maximum atomic E-state index is 7.84. The first-order valence-electron chi connectivity index (χ1n) is 8.82. The van der Waals surface area contributed by atoms with E-state index in [1.54, 1.807) is 0 Å². The normalized spacial score (nSPS) is 29.1. The number of piperidine rings is 1. The van der Waals surface area contributed by atoms with Gasteiger partial charge in [-0.2, -0.15) is 0 Å². The van der Waals surface area contributed by atoms with E-state index in [1.807, 2.05) is 0 Å². The lowest BCUT2D eigenvalue weighted by Gasteiger charge is -2.43. The molecule has 2 fully saturated rings. The third-order valence-electron chi connectivity index (χ3n) is 5.58. The number of ether oxygens (including phenoxy) is 1. The molecule has 3 heteroatoms. The topological polar surface area (TPSA) is 16.8 Å². The second-order valence-electron chi connectivity index (χ2n) is 7.79. The smallest absolute Gasteiger partial charge is 0.240 e. The molecule has 0 saturated carbocycles. The van der Waals surface area contributed by atoms with Gasteiger partial charge in [-0.05, 0) is 45.3 Å². The molecule has 0 N–H and O–H groups in total. The second kappa shape index (κ2) is 6.63. The molecule has 3 nitrogen and oxygen atoms in total. The van der Waals surface area contributed by atoms with E-state index in [-0.39, 0.29) is 11.1 Å². The van der Waals surface area contributed by atoms with Crippen LogP contribution >= 0.6 is 0 Å². The zero-order valence-corrected chi connectivity index (χ0v) is 14.4. The van der Waals surface area contributed by atoms with Crippen molar-refractivity contribution in [2.75, 3.05) is 19.7 Å². The molecule has 1 unspecified atom stereocenters. The van der Waals surface area contributed by atoms with Gasteiger partial charge < -0.3 is 9.58 Å². The highest BCUT2D eigenvalue weighted by molar-refractivity contribution is 5.15. The summed E-state index contributed by atoms with van der Waals surface area (Å²) in [6.45, 7) is 16.1. The van der Waals surface area contributed by atoms with E-state index in [0.29, 0.717) is 5.92 Å². The molecule has 0 aromatic heterocycles. The van der Waals surface area contributed by atoms with Crippen LogP contribution in [-0.4, -0.2) is 35.7 Å². The van der Waals surface area contributed by atoms with E-state index in [0.717, 1.165) is 51.9 Å². The molecule has 1 atom stereocenters. The maximum Gasteiger partial charge on any atom is 0.240 e. The van der Waals surface area contributed by atoms with Gasteiger partial charge in [-0.25, -0.2) is 6.57 Å². The van der Waals surface area contributed by atoms with Gasteiger partial charge in [-0.3, -0.25) is 4.90 Å². The number of benzene rings is 1. The van der Waals surface area contributed by atoms with Crippen molar-refractivity contribution in [2.24, 2.45) is 5.92 Å². The Morgan fingerprint density at radius 1 is 1.22 bits per heavy atom. The van der Waals surface area contributed by atoms with Crippen LogP contribution in [0.25, 0.3) is 4.85 Å². The quantitative estimate of drug-likeness (QED) is 0.780. The highest BCUT2D eigenvalue weighted by atomic mass is 16.5. The number of likely N-dealkylation sites (tertiary alicyclic amines) is 1. The Morgan fingerprint density at radius 3 is 2.52 bits per heavy atom. The van der Waals surface area contributed by atoms with Crippen LogP contribution in [0.5, 0.6) is 0 Å². The molecule has 3 rings (SSSR count). The van der Waals surface area contributed by atoms with Gasteiger partial charge in [0.25, 0.3) is 0 Å². The number of rotatable bonds is 3.